The fourth-order valence-corrected chi connectivity index (χ4v) is 3.14. The highest BCUT2D eigenvalue weighted by atomic mass is 16.5. The minimum atomic E-state index is -0.517. The van der Waals surface area contributed by atoms with Crippen molar-refractivity contribution in [3.63, 3.8) is 0 Å². The van der Waals surface area contributed by atoms with Crippen molar-refractivity contribution in [3.8, 4) is 0 Å². The molecule has 4 nitrogen and oxygen atoms in total. The van der Waals surface area contributed by atoms with E-state index in [9.17, 15) is 4.79 Å². The molecule has 1 amide bonds. The van der Waals surface area contributed by atoms with Gasteiger partial charge in [0, 0.05) is 18.5 Å². The van der Waals surface area contributed by atoms with Gasteiger partial charge in [-0.1, -0.05) is 77.6 Å². The molecule has 0 saturated carbocycles. The number of carbonyl (C=O) groups excluding carboxylic acids is 1. The Morgan fingerprint density at radius 1 is 0.885 bits per heavy atom. The average Bonchev–Trinajstić information content (AvgIpc) is 2.56. The average molecular weight is 369 g/mol. The molecule has 0 atom stereocenters. The highest BCUT2D eigenvalue weighted by molar-refractivity contribution is 5.67. The van der Waals surface area contributed by atoms with Gasteiger partial charge in [-0.3, -0.25) is 0 Å². The highest BCUT2D eigenvalue weighted by Gasteiger charge is 2.21. The van der Waals surface area contributed by atoms with Crippen LogP contribution in [-0.4, -0.2) is 44.8 Å². The second-order valence-electron chi connectivity index (χ2n) is 8.13. The third-order valence-corrected chi connectivity index (χ3v) is 4.46. The van der Waals surface area contributed by atoms with Crippen LogP contribution >= 0.6 is 0 Å². The summed E-state index contributed by atoms with van der Waals surface area (Å²) < 4.78 is 5.21. The smallest absolute Gasteiger partial charge is 0.407 e. The molecule has 0 saturated heterocycles. The standard InChI is InChI=1S/C22H44N2O2/c1-6-7-8-9-10-11-12-13-14-15-16-17-18-23-21(25)26-20-22(2,3)19-24(4)5/h2-3,6-20H2,1,4-5H3,(H,23,25). The molecule has 26 heavy (non-hydrogen) atoms. The molecule has 0 spiro atoms. The molecule has 154 valence electrons. The number of hydrogen-bond donors (Lipinski definition) is 1. The molecule has 0 aromatic rings. The second-order valence-corrected chi connectivity index (χ2v) is 8.13. The Bertz CT molecular complexity index is 330. The van der Waals surface area contributed by atoms with Crippen LogP contribution in [0.15, 0.2) is 0 Å². The quantitative estimate of drug-likeness (QED) is 0.338. The topological polar surface area (TPSA) is 41.6 Å². The van der Waals surface area contributed by atoms with E-state index in [1.165, 1.54) is 70.6 Å². The molecule has 0 aliphatic heterocycles. The van der Waals surface area contributed by atoms with E-state index in [1.807, 2.05) is 19.0 Å². The number of nitrogens with one attached hydrogen (secondary N) is 1. The van der Waals surface area contributed by atoms with E-state index in [4.69, 9.17) is 4.74 Å². The summed E-state index contributed by atoms with van der Waals surface area (Å²) in [7, 11) is 3.91. The first kappa shape index (κ1) is 25.2. The van der Waals surface area contributed by atoms with Gasteiger partial charge in [0.05, 0.1) is 0 Å². The van der Waals surface area contributed by atoms with Gasteiger partial charge in [-0.05, 0) is 34.4 Å². The van der Waals surface area contributed by atoms with Crippen LogP contribution in [-0.2, 0) is 4.74 Å². The van der Waals surface area contributed by atoms with Gasteiger partial charge in [-0.15, -0.1) is 0 Å². The van der Waals surface area contributed by atoms with Crippen molar-refractivity contribution in [2.45, 2.75) is 84.0 Å². The number of amides is 1. The molecule has 0 aromatic heterocycles. The minimum Gasteiger partial charge on any atom is -0.449 e. The Morgan fingerprint density at radius 3 is 1.81 bits per heavy atom. The van der Waals surface area contributed by atoms with Crippen LogP contribution in [0.5, 0.6) is 0 Å². The molecule has 0 rings (SSSR count). The summed E-state index contributed by atoms with van der Waals surface area (Å²) >= 11 is 0. The van der Waals surface area contributed by atoms with E-state index < -0.39 is 5.41 Å². The normalized spacial score (nSPS) is 11.8. The SMILES string of the molecule is [CH2]C([CH2])(COC(=O)NCCCCCCCCCCCCCC)CN(C)C. The van der Waals surface area contributed by atoms with E-state index >= 15 is 0 Å². The number of nitrogens with zero attached hydrogens (tertiary/aromatic N) is 1. The van der Waals surface area contributed by atoms with Crippen molar-refractivity contribution in [2.75, 3.05) is 33.8 Å². The first-order valence-corrected chi connectivity index (χ1v) is 10.6. The van der Waals surface area contributed by atoms with E-state index in [1.54, 1.807) is 0 Å². The van der Waals surface area contributed by atoms with Gasteiger partial charge in [0.1, 0.15) is 6.61 Å². The van der Waals surface area contributed by atoms with Gasteiger partial charge in [-0.25, -0.2) is 4.79 Å². The Kier molecular flexibility index (Phi) is 15.9. The molecule has 0 heterocycles. The van der Waals surface area contributed by atoms with Crippen LogP contribution in [0.3, 0.4) is 0 Å². The van der Waals surface area contributed by atoms with Crippen molar-refractivity contribution < 1.29 is 9.53 Å². The Morgan fingerprint density at radius 2 is 1.35 bits per heavy atom. The number of hydrogen-bond acceptors (Lipinski definition) is 3. The lowest BCUT2D eigenvalue weighted by Crippen LogP contribution is -2.36. The van der Waals surface area contributed by atoms with Gasteiger partial charge < -0.3 is 15.0 Å². The molecule has 0 aliphatic rings. The molecule has 2 radical (unpaired) electrons. The summed E-state index contributed by atoms with van der Waals surface area (Å²) in [5.74, 6) is 0. The fraction of sp³-hybridized carbons (Fsp3) is 0.864. The van der Waals surface area contributed by atoms with Crippen LogP contribution < -0.4 is 5.32 Å². The minimum absolute atomic E-state index is 0.232. The van der Waals surface area contributed by atoms with Gasteiger partial charge >= 0.3 is 6.09 Å². The maximum absolute atomic E-state index is 11.7. The molecule has 0 aromatic carbocycles. The predicted molar refractivity (Wildman–Crippen MR) is 112 cm³/mol. The third-order valence-electron chi connectivity index (χ3n) is 4.46. The zero-order valence-electron chi connectivity index (χ0n) is 17.8. The van der Waals surface area contributed by atoms with Crippen LogP contribution in [0.1, 0.15) is 84.0 Å². The summed E-state index contributed by atoms with van der Waals surface area (Å²) in [6.07, 6.45) is 15.5. The van der Waals surface area contributed by atoms with Crippen molar-refractivity contribution in [1.82, 2.24) is 10.2 Å². The lowest BCUT2D eigenvalue weighted by molar-refractivity contribution is 0.106. The number of carbonyl (C=O) groups is 1. The monoisotopic (exact) mass is 368 g/mol. The van der Waals surface area contributed by atoms with Gasteiger partial charge in [0.25, 0.3) is 0 Å². The maximum Gasteiger partial charge on any atom is 0.407 e. The van der Waals surface area contributed by atoms with Crippen molar-refractivity contribution in [1.29, 1.82) is 0 Å². The molecule has 0 aliphatic carbocycles. The Labute approximate surface area is 163 Å². The van der Waals surface area contributed by atoms with Crippen LogP contribution in [0.4, 0.5) is 4.79 Å². The summed E-state index contributed by atoms with van der Waals surface area (Å²) in [6.45, 7) is 11.8. The van der Waals surface area contributed by atoms with Crippen LogP contribution in [0.25, 0.3) is 0 Å². The Hall–Kier alpha value is -0.770. The number of ether oxygens (including phenoxy) is 1. The fourth-order valence-electron chi connectivity index (χ4n) is 3.14. The van der Waals surface area contributed by atoms with Gasteiger partial charge in [-0.2, -0.15) is 0 Å². The first-order chi connectivity index (χ1) is 12.4. The van der Waals surface area contributed by atoms with E-state index in [2.05, 4.69) is 26.1 Å². The molecule has 0 fully saturated rings. The lowest BCUT2D eigenvalue weighted by Gasteiger charge is -2.27. The first-order valence-electron chi connectivity index (χ1n) is 10.6. The summed E-state index contributed by atoms with van der Waals surface area (Å²) in [5, 5.41) is 2.81. The summed E-state index contributed by atoms with van der Waals surface area (Å²) in [5.41, 5.74) is -0.517. The van der Waals surface area contributed by atoms with Crippen molar-refractivity contribution in [2.24, 2.45) is 5.41 Å². The zero-order chi connectivity index (χ0) is 19.7. The largest absolute Gasteiger partial charge is 0.449 e. The molecule has 0 unspecified atom stereocenters. The number of alkyl carbamates (subject to hydrolysis) is 1. The molecule has 0 bridgehead atoms. The van der Waals surface area contributed by atoms with Gasteiger partial charge in [0.15, 0.2) is 0 Å². The second kappa shape index (κ2) is 16.4. The maximum atomic E-state index is 11.7. The van der Waals surface area contributed by atoms with Crippen LogP contribution in [0, 0.1) is 19.3 Å². The summed E-state index contributed by atoms with van der Waals surface area (Å²) in [6, 6.07) is 0. The van der Waals surface area contributed by atoms with E-state index in [0.29, 0.717) is 13.1 Å². The third kappa shape index (κ3) is 18.0. The lowest BCUT2D eigenvalue weighted by atomic mass is 9.94. The Balaban J connectivity index is 3.35. The van der Waals surface area contributed by atoms with Crippen molar-refractivity contribution >= 4 is 6.09 Å². The zero-order valence-corrected chi connectivity index (χ0v) is 17.8. The highest BCUT2D eigenvalue weighted by Crippen LogP contribution is 2.15. The van der Waals surface area contributed by atoms with E-state index in [-0.39, 0.29) is 12.7 Å². The number of rotatable bonds is 17. The van der Waals surface area contributed by atoms with Crippen molar-refractivity contribution in [3.05, 3.63) is 13.8 Å². The molecular weight excluding hydrogens is 324 g/mol. The predicted octanol–water partition coefficient (Wildman–Crippen LogP) is 5.63. The molecular formula is C22H44N2O2. The summed E-state index contributed by atoms with van der Waals surface area (Å²) in [4.78, 5) is 13.7. The van der Waals surface area contributed by atoms with Gasteiger partial charge in [0.2, 0.25) is 0 Å². The van der Waals surface area contributed by atoms with Crippen LogP contribution in [0.2, 0.25) is 0 Å². The molecule has 1 N–H and O–H groups in total. The molecule has 4 heteroatoms. The van der Waals surface area contributed by atoms with E-state index in [0.717, 1.165) is 6.42 Å². The number of unbranched alkanes of at least 4 members (excludes halogenated alkanes) is 11.